The molecule has 2 aliphatic rings. The molecule has 1 spiro atoms. The summed E-state index contributed by atoms with van der Waals surface area (Å²) < 4.78 is 0. The van der Waals surface area contributed by atoms with Crippen LogP contribution < -0.4 is 10.6 Å². The molecule has 1 aromatic carbocycles. The predicted molar refractivity (Wildman–Crippen MR) is 95.3 cm³/mol. The van der Waals surface area contributed by atoms with Gasteiger partial charge in [0.15, 0.2) is 0 Å². The molecule has 3 N–H and O–H groups in total. The van der Waals surface area contributed by atoms with Crippen molar-refractivity contribution in [3.8, 4) is 5.75 Å². The molecule has 1 saturated heterocycles. The Kier molecular flexibility index (Phi) is 4.89. The van der Waals surface area contributed by atoms with Crippen LogP contribution >= 0.6 is 0 Å². The van der Waals surface area contributed by atoms with Crippen molar-refractivity contribution >= 4 is 17.8 Å². The van der Waals surface area contributed by atoms with Gasteiger partial charge in [0, 0.05) is 0 Å². The van der Waals surface area contributed by atoms with E-state index in [9.17, 15) is 19.5 Å². The number of phenolic OH excluding ortho intramolecular Hbond substituents is 1. The summed E-state index contributed by atoms with van der Waals surface area (Å²) >= 11 is 0. The Morgan fingerprint density at radius 2 is 2.08 bits per heavy atom. The second-order valence-electron chi connectivity index (χ2n) is 7.47. The predicted octanol–water partition coefficient (Wildman–Crippen LogP) is 2.07. The van der Waals surface area contributed by atoms with Gasteiger partial charge in [-0.2, -0.15) is 0 Å². The van der Waals surface area contributed by atoms with E-state index in [1.165, 1.54) is 0 Å². The molecule has 1 aliphatic heterocycles. The molecule has 7 heteroatoms. The molecule has 1 atom stereocenters. The molecule has 140 valence electrons. The summed E-state index contributed by atoms with van der Waals surface area (Å²) in [4.78, 5) is 38.4. The van der Waals surface area contributed by atoms with Gasteiger partial charge in [0.25, 0.3) is 5.91 Å². The molecule has 0 bridgehead atoms. The third-order valence-electron chi connectivity index (χ3n) is 5.42. The number of urea groups is 1. The number of hydrogen-bond acceptors (Lipinski definition) is 4. The number of benzene rings is 1. The lowest BCUT2D eigenvalue weighted by Crippen LogP contribution is -2.50. The topological polar surface area (TPSA) is 98.7 Å². The molecule has 0 radical (unpaired) electrons. The van der Waals surface area contributed by atoms with E-state index in [1.807, 2.05) is 0 Å². The molecule has 3 rings (SSSR count). The van der Waals surface area contributed by atoms with E-state index < -0.39 is 17.5 Å². The Hall–Kier alpha value is -2.57. The molecular weight excluding hydrogens is 334 g/mol. The smallest absolute Gasteiger partial charge is 0.325 e. The fourth-order valence-corrected chi connectivity index (χ4v) is 3.72. The van der Waals surface area contributed by atoms with Crippen LogP contribution in [0.3, 0.4) is 0 Å². The Balaban J connectivity index is 1.62. The molecule has 1 saturated carbocycles. The van der Waals surface area contributed by atoms with Gasteiger partial charge < -0.3 is 15.7 Å². The van der Waals surface area contributed by atoms with Crippen molar-refractivity contribution in [2.24, 2.45) is 5.92 Å². The van der Waals surface area contributed by atoms with Crippen molar-refractivity contribution in [1.29, 1.82) is 0 Å². The molecule has 1 heterocycles. The van der Waals surface area contributed by atoms with Gasteiger partial charge >= 0.3 is 6.03 Å². The summed E-state index contributed by atoms with van der Waals surface area (Å²) in [5.41, 5.74) is -0.0888. The van der Waals surface area contributed by atoms with Gasteiger partial charge in [-0.25, -0.2) is 4.79 Å². The lowest BCUT2D eigenvalue weighted by Gasteiger charge is -2.33. The second-order valence-corrected chi connectivity index (χ2v) is 7.47. The Morgan fingerprint density at radius 1 is 1.38 bits per heavy atom. The SMILES string of the molecule is CC1CCC2(CC1)NC(=O)N(CC(=O)NC(C)c1cccc(O)c1)C2=O. The number of carbonyl (C=O) groups excluding carboxylic acids is 3. The zero-order valence-electron chi connectivity index (χ0n) is 15.1. The highest BCUT2D eigenvalue weighted by molar-refractivity contribution is 6.09. The number of hydrogen-bond donors (Lipinski definition) is 3. The standard InChI is InChI=1S/C19H25N3O4/c1-12-6-8-19(9-7-12)17(25)22(18(26)21-19)11-16(24)20-13(2)14-4-3-5-15(23)10-14/h3-5,10,12-13,23H,6-9,11H2,1-2H3,(H,20,24)(H,21,26). The van der Waals surface area contributed by atoms with Crippen molar-refractivity contribution in [2.75, 3.05) is 6.54 Å². The summed E-state index contributed by atoms with van der Waals surface area (Å²) in [6.07, 6.45) is 3.02. The van der Waals surface area contributed by atoms with Crippen molar-refractivity contribution in [1.82, 2.24) is 15.5 Å². The van der Waals surface area contributed by atoms with Crippen LogP contribution in [0.15, 0.2) is 24.3 Å². The van der Waals surface area contributed by atoms with Crippen LogP contribution in [0.25, 0.3) is 0 Å². The van der Waals surface area contributed by atoms with Gasteiger partial charge in [-0.15, -0.1) is 0 Å². The summed E-state index contributed by atoms with van der Waals surface area (Å²) in [5.74, 6) is -0.0443. The molecule has 2 fully saturated rings. The first-order valence-corrected chi connectivity index (χ1v) is 9.03. The normalized spacial score (nSPS) is 26.7. The molecular formula is C19H25N3O4. The maximum Gasteiger partial charge on any atom is 0.325 e. The van der Waals surface area contributed by atoms with E-state index in [2.05, 4.69) is 17.6 Å². The van der Waals surface area contributed by atoms with E-state index in [4.69, 9.17) is 0 Å². The van der Waals surface area contributed by atoms with E-state index in [-0.39, 0.29) is 24.2 Å². The van der Waals surface area contributed by atoms with Gasteiger partial charge in [0.2, 0.25) is 5.91 Å². The first kappa shape index (κ1) is 18.2. The van der Waals surface area contributed by atoms with Crippen LogP contribution in [-0.4, -0.2) is 39.9 Å². The van der Waals surface area contributed by atoms with E-state index in [1.54, 1.807) is 31.2 Å². The van der Waals surface area contributed by atoms with Gasteiger partial charge in [-0.3, -0.25) is 14.5 Å². The molecule has 1 aliphatic carbocycles. The van der Waals surface area contributed by atoms with Crippen molar-refractivity contribution < 1.29 is 19.5 Å². The number of imide groups is 1. The van der Waals surface area contributed by atoms with Gasteiger partial charge in [-0.1, -0.05) is 19.1 Å². The highest BCUT2D eigenvalue weighted by Crippen LogP contribution is 2.36. The van der Waals surface area contributed by atoms with Crippen molar-refractivity contribution in [3.63, 3.8) is 0 Å². The van der Waals surface area contributed by atoms with Gasteiger partial charge in [0.1, 0.15) is 17.8 Å². The number of aromatic hydroxyl groups is 1. The number of rotatable bonds is 4. The summed E-state index contributed by atoms with van der Waals surface area (Å²) in [7, 11) is 0. The maximum absolute atomic E-state index is 12.8. The summed E-state index contributed by atoms with van der Waals surface area (Å²) in [6, 6.07) is 5.76. The van der Waals surface area contributed by atoms with Crippen LogP contribution in [0.1, 0.15) is 51.1 Å². The summed E-state index contributed by atoms with van der Waals surface area (Å²) in [6.45, 7) is 3.62. The van der Waals surface area contributed by atoms with Crippen LogP contribution in [0, 0.1) is 5.92 Å². The van der Waals surface area contributed by atoms with Gasteiger partial charge in [0.05, 0.1) is 6.04 Å². The number of carbonyl (C=O) groups is 3. The van der Waals surface area contributed by atoms with E-state index >= 15 is 0 Å². The fraction of sp³-hybridized carbons (Fsp3) is 0.526. The Labute approximate surface area is 152 Å². The van der Waals surface area contributed by atoms with Crippen LogP contribution in [-0.2, 0) is 9.59 Å². The average molecular weight is 359 g/mol. The minimum atomic E-state index is -0.833. The quantitative estimate of drug-likeness (QED) is 0.717. The monoisotopic (exact) mass is 359 g/mol. The van der Waals surface area contributed by atoms with Crippen molar-refractivity contribution in [3.05, 3.63) is 29.8 Å². The lowest BCUT2D eigenvalue weighted by atomic mass is 9.77. The van der Waals surface area contributed by atoms with Crippen LogP contribution in [0.5, 0.6) is 5.75 Å². The number of amides is 4. The zero-order valence-corrected chi connectivity index (χ0v) is 15.1. The Morgan fingerprint density at radius 3 is 2.73 bits per heavy atom. The second kappa shape index (κ2) is 6.97. The maximum atomic E-state index is 12.8. The lowest BCUT2D eigenvalue weighted by molar-refractivity contribution is -0.136. The third kappa shape index (κ3) is 3.52. The van der Waals surface area contributed by atoms with E-state index in [0.29, 0.717) is 18.8 Å². The number of nitrogens with zero attached hydrogens (tertiary/aromatic N) is 1. The van der Waals surface area contributed by atoms with E-state index in [0.717, 1.165) is 23.3 Å². The molecule has 26 heavy (non-hydrogen) atoms. The van der Waals surface area contributed by atoms with Crippen LogP contribution in [0.4, 0.5) is 4.79 Å². The molecule has 1 aromatic rings. The minimum absolute atomic E-state index is 0.117. The third-order valence-corrected chi connectivity index (χ3v) is 5.42. The Bertz CT molecular complexity index is 725. The van der Waals surface area contributed by atoms with Crippen molar-refractivity contribution in [2.45, 2.75) is 51.1 Å². The number of phenols is 1. The molecule has 4 amide bonds. The highest BCUT2D eigenvalue weighted by atomic mass is 16.3. The fourth-order valence-electron chi connectivity index (χ4n) is 3.72. The first-order chi connectivity index (χ1) is 12.3. The average Bonchev–Trinajstić information content (AvgIpc) is 2.82. The zero-order chi connectivity index (χ0) is 18.9. The molecule has 7 nitrogen and oxygen atoms in total. The number of nitrogens with one attached hydrogen (secondary N) is 2. The van der Waals surface area contributed by atoms with Crippen LogP contribution in [0.2, 0.25) is 0 Å². The largest absolute Gasteiger partial charge is 0.508 e. The molecule has 0 aromatic heterocycles. The minimum Gasteiger partial charge on any atom is -0.508 e. The first-order valence-electron chi connectivity index (χ1n) is 9.03. The molecule has 1 unspecified atom stereocenters. The highest BCUT2D eigenvalue weighted by Gasteiger charge is 2.52. The summed E-state index contributed by atoms with van der Waals surface area (Å²) in [5, 5.41) is 15.1. The van der Waals surface area contributed by atoms with Gasteiger partial charge in [-0.05, 0) is 56.2 Å².